The van der Waals surface area contributed by atoms with Gasteiger partial charge in [0.15, 0.2) is 0 Å². The second kappa shape index (κ2) is 6.43. The third-order valence-electron chi connectivity index (χ3n) is 3.91. The van der Waals surface area contributed by atoms with Gasteiger partial charge in [0, 0.05) is 18.5 Å². The zero-order valence-electron chi connectivity index (χ0n) is 12.9. The van der Waals surface area contributed by atoms with Gasteiger partial charge in [-0.2, -0.15) is 0 Å². The Hall–Kier alpha value is -1.62. The largest absolute Gasteiger partial charge is 0.377 e. The van der Waals surface area contributed by atoms with Crippen LogP contribution >= 0.6 is 0 Å². The van der Waals surface area contributed by atoms with E-state index in [9.17, 15) is 9.18 Å². The maximum atomic E-state index is 13.9. The number of hydrogen-bond donors (Lipinski definition) is 1. The molecule has 2 amide bonds. The molecule has 4 nitrogen and oxygen atoms in total. The van der Waals surface area contributed by atoms with Crippen LogP contribution in [0.1, 0.15) is 26.3 Å². The molecule has 2 rings (SSSR count). The van der Waals surface area contributed by atoms with Crippen LogP contribution < -0.4 is 5.32 Å². The summed E-state index contributed by atoms with van der Waals surface area (Å²) >= 11 is 0. The van der Waals surface area contributed by atoms with Crippen molar-refractivity contribution in [1.82, 2.24) is 10.2 Å². The fraction of sp³-hybridized carbons (Fsp3) is 0.562. The number of benzene rings is 1. The Morgan fingerprint density at radius 2 is 2.19 bits per heavy atom. The van der Waals surface area contributed by atoms with Gasteiger partial charge < -0.3 is 15.0 Å². The van der Waals surface area contributed by atoms with E-state index in [4.69, 9.17) is 4.74 Å². The molecule has 1 heterocycles. The fourth-order valence-electron chi connectivity index (χ4n) is 2.53. The standard InChI is InChI=1S/C16H23FN2O2/c1-12-10-21-9-8-19(12)15(20)18-11-16(2,3)13-6-4-5-7-14(13)17/h4-7,12H,8-11H2,1-3H3,(H,18,20)/t12-/m1/s1. The summed E-state index contributed by atoms with van der Waals surface area (Å²) < 4.78 is 19.2. The number of urea groups is 1. The summed E-state index contributed by atoms with van der Waals surface area (Å²) in [5, 5.41) is 2.91. The SMILES string of the molecule is C[C@@H]1COCCN1C(=O)NCC(C)(C)c1ccccc1F. The molecule has 0 aliphatic carbocycles. The first-order valence-corrected chi connectivity index (χ1v) is 7.29. The van der Waals surface area contributed by atoms with E-state index < -0.39 is 5.41 Å². The summed E-state index contributed by atoms with van der Waals surface area (Å²) in [6, 6.07) is 6.64. The normalized spacial score (nSPS) is 19.4. The van der Waals surface area contributed by atoms with Crippen molar-refractivity contribution in [3.05, 3.63) is 35.6 Å². The smallest absolute Gasteiger partial charge is 0.317 e. The lowest BCUT2D eigenvalue weighted by atomic mass is 9.84. The molecule has 5 heteroatoms. The summed E-state index contributed by atoms with van der Waals surface area (Å²) in [7, 11) is 0. The van der Waals surface area contributed by atoms with Crippen molar-refractivity contribution in [2.45, 2.75) is 32.2 Å². The molecule has 0 unspecified atom stereocenters. The van der Waals surface area contributed by atoms with Crippen LogP contribution in [0.2, 0.25) is 0 Å². The molecule has 1 N–H and O–H groups in total. The summed E-state index contributed by atoms with van der Waals surface area (Å²) in [5.74, 6) is -0.239. The van der Waals surface area contributed by atoms with Gasteiger partial charge in [0.25, 0.3) is 0 Å². The van der Waals surface area contributed by atoms with Crippen LogP contribution in [0.5, 0.6) is 0 Å². The number of amides is 2. The van der Waals surface area contributed by atoms with Crippen molar-refractivity contribution in [2.75, 3.05) is 26.3 Å². The van der Waals surface area contributed by atoms with Crippen molar-refractivity contribution in [3.8, 4) is 0 Å². The number of carbonyl (C=O) groups is 1. The maximum absolute atomic E-state index is 13.9. The molecule has 0 aromatic heterocycles. The average Bonchev–Trinajstić information content (AvgIpc) is 2.45. The van der Waals surface area contributed by atoms with Crippen LogP contribution in [-0.2, 0) is 10.2 Å². The number of halogens is 1. The van der Waals surface area contributed by atoms with Gasteiger partial charge >= 0.3 is 6.03 Å². The first-order chi connectivity index (χ1) is 9.92. The molecule has 116 valence electrons. The van der Waals surface area contributed by atoms with Gasteiger partial charge in [-0.3, -0.25) is 0 Å². The lowest BCUT2D eigenvalue weighted by Gasteiger charge is -2.34. The van der Waals surface area contributed by atoms with E-state index in [2.05, 4.69) is 5.32 Å². The lowest BCUT2D eigenvalue weighted by Crippen LogP contribution is -2.52. The topological polar surface area (TPSA) is 41.6 Å². The summed E-state index contributed by atoms with van der Waals surface area (Å²) in [4.78, 5) is 14.0. The van der Waals surface area contributed by atoms with Gasteiger partial charge in [-0.15, -0.1) is 0 Å². The van der Waals surface area contributed by atoms with E-state index >= 15 is 0 Å². The van der Waals surface area contributed by atoms with Crippen molar-refractivity contribution in [3.63, 3.8) is 0 Å². The number of morpholine rings is 1. The monoisotopic (exact) mass is 294 g/mol. The Morgan fingerprint density at radius 3 is 2.86 bits per heavy atom. The van der Waals surface area contributed by atoms with Crippen LogP contribution in [0.25, 0.3) is 0 Å². The predicted octanol–water partition coefficient (Wildman–Crippen LogP) is 2.53. The minimum absolute atomic E-state index is 0.0651. The Balaban J connectivity index is 1.98. The Labute approximate surface area is 125 Å². The minimum atomic E-state index is -0.462. The Kier molecular flexibility index (Phi) is 4.83. The number of ether oxygens (including phenoxy) is 1. The molecule has 0 spiro atoms. The Morgan fingerprint density at radius 1 is 1.48 bits per heavy atom. The summed E-state index contributed by atoms with van der Waals surface area (Å²) in [6.07, 6.45) is 0. The third-order valence-corrected chi connectivity index (χ3v) is 3.91. The highest BCUT2D eigenvalue weighted by Crippen LogP contribution is 2.24. The quantitative estimate of drug-likeness (QED) is 0.931. The van der Waals surface area contributed by atoms with E-state index in [0.29, 0.717) is 31.9 Å². The molecule has 21 heavy (non-hydrogen) atoms. The molecule has 1 aromatic carbocycles. The molecule has 1 fully saturated rings. The second-order valence-electron chi connectivity index (χ2n) is 6.14. The zero-order valence-corrected chi connectivity index (χ0v) is 12.9. The number of rotatable bonds is 3. The predicted molar refractivity (Wildman–Crippen MR) is 79.8 cm³/mol. The van der Waals surface area contributed by atoms with Crippen molar-refractivity contribution < 1.29 is 13.9 Å². The van der Waals surface area contributed by atoms with Crippen molar-refractivity contribution >= 4 is 6.03 Å². The fourth-order valence-corrected chi connectivity index (χ4v) is 2.53. The van der Waals surface area contributed by atoms with E-state index in [1.165, 1.54) is 6.07 Å². The zero-order chi connectivity index (χ0) is 15.5. The van der Waals surface area contributed by atoms with Crippen molar-refractivity contribution in [2.24, 2.45) is 0 Å². The van der Waals surface area contributed by atoms with Gasteiger partial charge in [-0.05, 0) is 18.6 Å². The molecule has 1 atom stereocenters. The molecular formula is C16H23FN2O2. The molecule has 0 radical (unpaired) electrons. The highest BCUT2D eigenvalue weighted by atomic mass is 19.1. The van der Waals surface area contributed by atoms with Gasteiger partial charge in [-0.25, -0.2) is 9.18 Å². The first kappa shape index (κ1) is 15.8. The highest BCUT2D eigenvalue weighted by Gasteiger charge is 2.28. The third kappa shape index (κ3) is 3.73. The molecule has 0 bridgehead atoms. The molecule has 1 aliphatic heterocycles. The number of nitrogens with zero attached hydrogens (tertiary/aromatic N) is 1. The van der Waals surface area contributed by atoms with Crippen LogP contribution in [0.15, 0.2) is 24.3 Å². The van der Waals surface area contributed by atoms with Gasteiger partial charge in [-0.1, -0.05) is 32.0 Å². The molecule has 0 saturated carbocycles. The summed E-state index contributed by atoms with van der Waals surface area (Å²) in [5.41, 5.74) is 0.150. The molecule has 1 saturated heterocycles. The van der Waals surface area contributed by atoms with E-state index in [1.54, 1.807) is 17.0 Å². The lowest BCUT2D eigenvalue weighted by molar-refractivity contribution is 0.0188. The van der Waals surface area contributed by atoms with Crippen LogP contribution in [-0.4, -0.2) is 43.3 Å². The second-order valence-corrected chi connectivity index (χ2v) is 6.14. The molecular weight excluding hydrogens is 271 g/mol. The number of carbonyl (C=O) groups excluding carboxylic acids is 1. The van der Waals surface area contributed by atoms with Crippen LogP contribution in [0.3, 0.4) is 0 Å². The molecule has 1 aromatic rings. The van der Waals surface area contributed by atoms with Gasteiger partial charge in [0.2, 0.25) is 0 Å². The average molecular weight is 294 g/mol. The van der Waals surface area contributed by atoms with E-state index in [0.717, 1.165) is 0 Å². The van der Waals surface area contributed by atoms with Gasteiger partial charge in [0.05, 0.1) is 19.3 Å². The highest BCUT2D eigenvalue weighted by molar-refractivity contribution is 5.74. The number of hydrogen-bond acceptors (Lipinski definition) is 2. The van der Waals surface area contributed by atoms with E-state index in [-0.39, 0.29) is 17.9 Å². The maximum Gasteiger partial charge on any atom is 0.317 e. The minimum Gasteiger partial charge on any atom is -0.377 e. The first-order valence-electron chi connectivity index (χ1n) is 7.29. The van der Waals surface area contributed by atoms with Gasteiger partial charge in [0.1, 0.15) is 5.82 Å². The number of nitrogens with one attached hydrogen (secondary N) is 1. The summed E-state index contributed by atoms with van der Waals surface area (Å²) in [6.45, 7) is 7.91. The van der Waals surface area contributed by atoms with Crippen LogP contribution in [0, 0.1) is 5.82 Å². The van der Waals surface area contributed by atoms with Crippen molar-refractivity contribution in [1.29, 1.82) is 0 Å². The molecule has 1 aliphatic rings. The Bertz CT molecular complexity index is 505. The van der Waals surface area contributed by atoms with E-state index in [1.807, 2.05) is 26.8 Å². The van der Waals surface area contributed by atoms with Crippen LogP contribution in [0.4, 0.5) is 9.18 Å².